The topological polar surface area (TPSA) is 60.1 Å². The molecule has 0 saturated carbocycles. The van der Waals surface area contributed by atoms with Gasteiger partial charge < -0.3 is 9.73 Å². The minimum absolute atomic E-state index is 0.0506. The molecule has 1 amide bonds. The molecule has 5 nitrogen and oxygen atoms in total. The van der Waals surface area contributed by atoms with E-state index in [1.807, 2.05) is 20.0 Å². The van der Waals surface area contributed by atoms with E-state index < -0.39 is 0 Å². The van der Waals surface area contributed by atoms with Crippen molar-refractivity contribution in [2.24, 2.45) is 7.05 Å². The van der Waals surface area contributed by atoms with E-state index >= 15 is 0 Å². The van der Waals surface area contributed by atoms with Gasteiger partial charge in [0.15, 0.2) is 0 Å². The Morgan fingerprint density at radius 1 is 1.58 bits per heavy atom. The summed E-state index contributed by atoms with van der Waals surface area (Å²) in [4.78, 5) is 12.3. The molecule has 0 aromatic carbocycles. The molecule has 1 aliphatic rings. The van der Waals surface area contributed by atoms with Crippen LogP contribution in [0.5, 0.6) is 0 Å². The summed E-state index contributed by atoms with van der Waals surface area (Å²) in [6, 6.07) is 2.00. The summed E-state index contributed by atoms with van der Waals surface area (Å²) in [6.45, 7) is 1.85. The number of amides is 1. The molecular weight excluding hydrogens is 242 g/mol. The van der Waals surface area contributed by atoms with Crippen LogP contribution in [0.15, 0.2) is 22.9 Å². The molecule has 0 fully saturated rings. The molecule has 0 bridgehead atoms. The Hall–Kier alpha value is -2.04. The fourth-order valence-electron chi connectivity index (χ4n) is 2.69. The lowest BCUT2D eigenvalue weighted by molar-refractivity contribution is 0.0931. The van der Waals surface area contributed by atoms with Crippen LogP contribution in [-0.2, 0) is 13.5 Å². The van der Waals surface area contributed by atoms with Crippen LogP contribution in [-0.4, -0.2) is 15.7 Å². The summed E-state index contributed by atoms with van der Waals surface area (Å²) in [5.74, 6) is 0.934. The van der Waals surface area contributed by atoms with E-state index in [0.717, 1.165) is 36.3 Å². The maximum absolute atomic E-state index is 12.3. The maximum Gasteiger partial charge on any atom is 0.255 e. The number of carbonyl (C=O) groups is 1. The summed E-state index contributed by atoms with van der Waals surface area (Å²) < 4.78 is 7.09. The third-order valence-electron chi connectivity index (χ3n) is 3.62. The van der Waals surface area contributed by atoms with Gasteiger partial charge in [-0.15, -0.1) is 0 Å². The van der Waals surface area contributed by atoms with Crippen LogP contribution < -0.4 is 5.32 Å². The molecule has 0 radical (unpaired) electrons. The zero-order chi connectivity index (χ0) is 13.4. The van der Waals surface area contributed by atoms with Gasteiger partial charge in [0.1, 0.15) is 5.76 Å². The Bertz CT molecular complexity index is 612. The lowest BCUT2D eigenvalue weighted by atomic mass is 9.93. The van der Waals surface area contributed by atoms with Gasteiger partial charge in [0.25, 0.3) is 5.91 Å². The molecule has 2 heterocycles. The van der Waals surface area contributed by atoms with Crippen LogP contribution in [0.1, 0.15) is 46.3 Å². The van der Waals surface area contributed by atoms with Crippen LogP contribution in [0.4, 0.5) is 0 Å². The number of nitrogens with zero attached hydrogens (tertiary/aromatic N) is 2. The van der Waals surface area contributed by atoms with Gasteiger partial charge in [-0.1, -0.05) is 0 Å². The average Bonchev–Trinajstić information content (AvgIpc) is 2.96. The molecule has 5 heteroatoms. The summed E-state index contributed by atoms with van der Waals surface area (Å²) in [5, 5.41) is 7.28. The van der Waals surface area contributed by atoms with Crippen molar-refractivity contribution in [2.75, 3.05) is 0 Å². The van der Waals surface area contributed by atoms with Gasteiger partial charge in [-0.2, -0.15) is 5.10 Å². The van der Waals surface area contributed by atoms with Gasteiger partial charge in [-0.05, 0) is 25.8 Å². The number of hydrogen-bond acceptors (Lipinski definition) is 3. The molecular formula is C14H17N3O2. The molecule has 19 heavy (non-hydrogen) atoms. The molecule has 1 atom stereocenters. The number of rotatable bonds is 2. The van der Waals surface area contributed by atoms with Crippen LogP contribution in [0, 0.1) is 6.92 Å². The van der Waals surface area contributed by atoms with Crippen LogP contribution in [0.3, 0.4) is 0 Å². The first-order valence-electron chi connectivity index (χ1n) is 6.52. The maximum atomic E-state index is 12.3. The quantitative estimate of drug-likeness (QED) is 0.898. The van der Waals surface area contributed by atoms with Crippen molar-refractivity contribution in [1.82, 2.24) is 15.1 Å². The standard InChI is InChI=1S/C14H17N3O2/c1-9-11(8-17(2)16-9)14(18)15-12-4-3-5-13-10(12)6-7-19-13/h6-8,12H,3-5H2,1-2H3,(H,15,18). The number of nitrogens with one attached hydrogen (secondary N) is 1. The Morgan fingerprint density at radius 3 is 3.16 bits per heavy atom. The van der Waals surface area contributed by atoms with E-state index in [1.165, 1.54) is 0 Å². The van der Waals surface area contributed by atoms with Crippen molar-refractivity contribution in [1.29, 1.82) is 0 Å². The summed E-state index contributed by atoms with van der Waals surface area (Å²) in [5.41, 5.74) is 2.50. The van der Waals surface area contributed by atoms with Gasteiger partial charge in [0.2, 0.25) is 0 Å². The Labute approximate surface area is 111 Å². The highest BCUT2D eigenvalue weighted by atomic mass is 16.3. The SMILES string of the molecule is Cc1nn(C)cc1C(=O)NC1CCCc2occc21. The van der Waals surface area contributed by atoms with Gasteiger partial charge in [-0.25, -0.2) is 0 Å². The monoisotopic (exact) mass is 259 g/mol. The van der Waals surface area contributed by atoms with Crippen molar-refractivity contribution < 1.29 is 9.21 Å². The smallest absolute Gasteiger partial charge is 0.255 e. The van der Waals surface area contributed by atoms with Crippen molar-refractivity contribution in [3.8, 4) is 0 Å². The van der Waals surface area contributed by atoms with E-state index in [9.17, 15) is 4.79 Å². The molecule has 0 spiro atoms. The predicted molar refractivity (Wildman–Crippen MR) is 69.8 cm³/mol. The number of carbonyl (C=O) groups excluding carboxylic acids is 1. The lowest BCUT2D eigenvalue weighted by Gasteiger charge is -2.22. The molecule has 2 aromatic heterocycles. The molecule has 1 unspecified atom stereocenters. The summed E-state index contributed by atoms with van der Waals surface area (Å²) >= 11 is 0. The Morgan fingerprint density at radius 2 is 2.42 bits per heavy atom. The summed E-state index contributed by atoms with van der Waals surface area (Å²) in [6.07, 6.45) is 6.41. The average molecular weight is 259 g/mol. The second-order valence-electron chi connectivity index (χ2n) is 5.02. The first-order valence-corrected chi connectivity index (χ1v) is 6.52. The van der Waals surface area contributed by atoms with Gasteiger partial charge in [0.05, 0.1) is 23.6 Å². The normalized spacial score (nSPS) is 18.1. The highest BCUT2D eigenvalue weighted by Crippen LogP contribution is 2.30. The number of aryl methyl sites for hydroxylation is 3. The number of hydrogen-bond donors (Lipinski definition) is 1. The second-order valence-corrected chi connectivity index (χ2v) is 5.02. The fraction of sp³-hybridized carbons (Fsp3) is 0.429. The van der Waals surface area contributed by atoms with Crippen molar-refractivity contribution in [3.63, 3.8) is 0 Å². The van der Waals surface area contributed by atoms with E-state index in [0.29, 0.717) is 5.56 Å². The molecule has 0 saturated heterocycles. The highest BCUT2D eigenvalue weighted by molar-refractivity contribution is 5.95. The zero-order valence-electron chi connectivity index (χ0n) is 11.1. The lowest BCUT2D eigenvalue weighted by Crippen LogP contribution is -2.30. The molecule has 0 aliphatic heterocycles. The fourth-order valence-corrected chi connectivity index (χ4v) is 2.69. The van der Waals surface area contributed by atoms with Crippen LogP contribution >= 0.6 is 0 Å². The number of aromatic nitrogens is 2. The van der Waals surface area contributed by atoms with E-state index in [-0.39, 0.29) is 11.9 Å². The molecule has 1 aliphatic carbocycles. The number of furan rings is 1. The Balaban J connectivity index is 1.80. The largest absolute Gasteiger partial charge is 0.469 e. The van der Waals surface area contributed by atoms with Crippen LogP contribution in [0.25, 0.3) is 0 Å². The van der Waals surface area contributed by atoms with Crippen molar-refractivity contribution in [2.45, 2.75) is 32.2 Å². The third-order valence-corrected chi connectivity index (χ3v) is 3.62. The first kappa shape index (κ1) is 12.0. The van der Waals surface area contributed by atoms with E-state index in [1.54, 1.807) is 17.1 Å². The third kappa shape index (κ3) is 2.16. The first-order chi connectivity index (χ1) is 9.15. The minimum atomic E-state index is -0.0651. The highest BCUT2D eigenvalue weighted by Gasteiger charge is 2.25. The molecule has 1 N–H and O–H groups in total. The molecule has 100 valence electrons. The minimum Gasteiger partial charge on any atom is -0.469 e. The second kappa shape index (κ2) is 4.57. The summed E-state index contributed by atoms with van der Waals surface area (Å²) in [7, 11) is 1.82. The van der Waals surface area contributed by atoms with Gasteiger partial charge in [-0.3, -0.25) is 9.48 Å². The van der Waals surface area contributed by atoms with Crippen molar-refractivity contribution in [3.05, 3.63) is 41.1 Å². The van der Waals surface area contributed by atoms with Crippen molar-refractivity contribution >= 4 is 5.91 Å². The Kier molecular flexibility index (Phi) is 2.89. The van der Waals surface area contributed by atoms with E-state index in [4.69, 9.17) is 4.42 Å². The predicted octanol–water partition coefficient (Wildman–Crippen LogP) is 2.13. The zero-order valence-corrected chi connectivity index (χ0v) is 11.1. The van der Waals surface area contributed by atoms with Crippen LogP contribution in [0.2, 0.25) is 0 Å². The molecule has 2 aromatic rings. The molecule has 3 rings (SSSR count). The van der Waals surface area contributed by atoms with E-state index in [2.05, 4.69) is 10.4 Å². The van der Waals surface area contributed by atoms with Gasteiger partial charge >= 0.3 is 0 Å². The van der Waals surface area contributed by atoms with Gasteiger partial charge in [0, 0.05) is 25.2 Å². The number of fused-ring (bicyclic) bond motifs is 1.